The van der Waals surface area contributed by atoms with Crippen molar-refractivity contribution < 1.29 is 4.92 Å². The quantitative estimate of drug-likeness (QED) is 0.570. The average Bonchev–Trinajstić information content (AvgIpc) is 2.69. The van der Waals surface area contributed by atoms with E-state index in [2.05, 4.69) is 18.7 Å². The van der Waals surface area contributed by atoms with Gasteiger partial charge in [-0.15, -0.1) is 0 Å². The van der Waals surface area contributed by atoms with E-state index in [1.54, 1.807) is 0 Å². The van der Waals surface area contributed by atoms with E-state index in [-0.39, 0.29) is 11.0 Å². The van der Waals surface area contributed by atoms with Crippen LogP contribution in [0.15, 0.2) is 0 Å². The fourth-order valence-corrected chi connectivity index (χ4v) is 4.93. The predicted octanol–water partition coefficient (Wildman–Crippen LogP) is 2.80. The normalized spacial score (nSPS) is 43.0. The third-order valence-corrected chi connectivity index (χ3v) is 6.01. The monoisotopic (exact) mass is 266 g/mol. The molecule has 5 unspecified atom stereocenters. The maximum atomic E-state index is 11.1. The molecule has 0 aromatic rings. The zero-order valence-electron chi connectivity index (χ0n) is 12.1. The summed E-state index contributed by atoms with van der Waals surface area (Å²) in [6.45, 7) is 6.99. The molecule has 0 N–H and O–H groups in total. The Morgan fingerprint density at radius 2 is 1.68 bits per heavy atom. The Balaban J connectivity index is 1.78. The molecular formula is C15H26N2O2. The molecule has 2 saturated heterocycles. The number of nitro groups is 1. The maximum Gasteiger partial charge on any atom is 0.213 e. The number of hydrogen-bond donors (Lipinski definition) is 0. The van der Waals surface area contributed by atoms with Gasteiger partial charge in [-0.25, -0.2) is 0 Å². The minimum atomic E-state index is -0.256. The first kappa shape index (κ1) is 13.3. The maximum absolute atomic E-state index is 11.1. The minimum absolute atomic E-state index is 0.0189. The highest BCUT2D eigenvalue weighted by atomic mass is 16.6. The van der Waals surface area contributed by atoms with Gasteiger partial charge in [0.2, 0.25) is 6.04 Å². The zero-order chi connectivity index (χ0) is 13.6. The Hall–Kier alpha value is -0.640. The van der Waals surface area contributed by atoms with Crippen LogP contribution >= 0.6 is 0 Å². The van der Waals surface area contributed by atoms with Crippen LogP contribution in [0.4, 0.5) is 0 Å². The van der Waals surface area contributed by atoms with Gasteiger partial charge >= 0.3 is 0 Å². The van der Waals surface area contributed by atoms with Gasteiger partial charge in [0.05, 0.1) is 0 Å². The molecular weight excluding hydrogens is 240 g/mol. The van der Waals surface area contributed by atoms with Crippen molar-refractivity contribution in [3.63, 3.8) is 0 Å². The highest BCUT2D eigenvalue weighted by molar-refractivity contribution is 4.97. The molecule has 4 nitrogen and oxygen atoms in total. The van der Waals surface area contributed by atoms with Crippen LogP contribution < -0.4 is 0 Å². The number of rotatable bonds is 2. The molecule has 0 spiro atoms. The van der Waals surface area contributed by atoms with Crippen molar-refractivity contribution in [3.8, 4) is 0 Å². The number of hydrogen-bond acceptors (Lipinski definition) is 3. The lowest BCUT2D eigenvalue weighted by Gasteiger charge is -2.43. The molecule has 0 aromatic carbocycles. The van der Waals surface area contributed by atoms with Crippen LogP contribution in [0.1, 0.15) is 46.0 Å². The summed E-state index contributed by atoms with van der Waals surface area (Å²) in [5.74, 6) is 2.93. The molecule has 2 bridgehead atoms. The van der Waals surface area contributed by atoms with Crippen molar-refractivity contribution >= 4 is 0 Å². The summed E-state index contributed by atoms with van der Waals surface area (Å²) in [6.07, 6.45) is 5.44. The van der Waals surface area contributed by atoms with Gasteiger partial charge in [0, 0.05) is 36.9 Å². The Bertz CT molecular complexity index is 358. The summed E-state index contributed by atoms with van der Waals surface area (Å²) in [5.41, 5.74) is 0. The standard InChI is InChI=1S/C15H26N2O2/c1-10(2)16-8-11-3-4-12(9-16)15-7-13(17(18)19)5-6-14(11)15/h10-15H,3-9H2,1-2H3. The summed E-state index contributed by atoms with van der Waals surface area (Å²) in [5, 5.41) is 11.1. The largest absolute Gasteiger partial charge is 0.300 e. The fraction of sp³-hybridized carbons (Fsp3) is 1.00. The topological polar surface area (TPSA) is 46.4 Å². The highest BCUT2D eigenvalue weighted by Gasteiger charge is 2.48. The van der Waals surface area contributed by atoms with Crippen molar-refractivity contribution in [1.29, 1.82) is 0 Å². The van der Waals surface area contributed by atoms with E-state index in [1.165, 1.54) is 25.9 Å². The van der Waals surface area contributed by atoms with E-state index in [0.717, 1.165) is 31.1 Å². The van der Waals surface area contributed by atoms with E-state index in [0.29, 0.717) is 17.9 Å². The molecule has 2 saturated carbocycles. The second kappa shape index (κ2) is 5.04. The van der Waals surface area contributed by atoms with Crippen molar-refractivity contribution in [2.45, 2.75) is 58.0 Å². The van der Waals surface area contributed by atoms with Crippen molar-refractivity contribution in [2.75, 3.05) is 13.1 Å². The second-order valence-electron chi connectivity index (χ2n) is 7.23. The average molecular weight is 266 g/mol. The lowest BCUT2D eigenvalue weighted by Crippen LogP contribution is -2.42. The molecule has 4 rings (SSSR count). The fourth-order valence-electron chi connectivity index (χ4n) is 4.93. The molecule has 0 aromatic heterocycles. The minimum Gasteiger partial charge on any atom is -0.300 e. The van der Waals surface area contributed by atoms with Crippen LogP contribution in [0.3, 0.4) is 0 Å². The molecule has 2 heterocycles. The van der Waals surface area contributed by atoms with Crippen LogP contribution in [-0.4, -0.2) is 35.0 Å². The molecule has 0 amide bonds. The third kappa shape index (κ3) is 2.39. The van der Waals surface area contributed by atoms with E-state index < -0.39 is 0 Å². The van der Waals surface area contributed by atoms with Crippen molar-refractivity contribution in [2.24, 2.45) is 23.7 Å². The van der Waals surface area contributed by atoms with Crippen LogP contribution in [0, 0.1) is 33.8 Å². The third-order valence-electron chi connectivity index (χ3n) is 6.01. The zero-order valence-corrected chi connectivity index (χ0v) is 12.1. The van der Waals surface area contributed by atoms with Crippen molar-refractivity contribution in [3.05, 3.63) is 10.1 Å². The SMILES string of the molecule is CC(C)N1CC2CCC(C1)C1CC([N+](=O)[O-])CCC21. The summed E-state index contributed by atoms with van der Waals surface area (Å²) in [4.78, 5) is 13.7. The first-order chi connectivity index (χ1) is 9.06. The Morgan fingerprint density at radius 3 is 2.26 bits per heavy atom. The Morgan fingerprint density at radius 1 is 1.05 bits per heavy atom. The Labute approximate surface area is 115 Å². The molecule has 2 aliphatic heterocycles. The first-order valence-corrected chi connectivity index (χ1v) is 7.93. The molecule has 0 radical (unpaired) electrons. The summed E-state index contributed by atoms with van der Waals surface area (Å²) >= 11 is 0. The van der Waals surface area contributed by atoms with Crippen LogP contribution in [0.2, 0.25) is 0 Å². The summed E-state index contributed by atoms with van der Waals surface area (Å²) in [7, 11) is 0. The Kier molecular flexibility index (Phi) is 3.54. The predicted molar refractivity (Wildman–Crippen MR) is 74.5 cm³/mol. The van der Waals surface area contributed by atoms with Gasteiger partial charge in [-0.05, 0) is 56.8 Å². The molecule has 5 atom stereocenters. The van der Waals surface area contributed by atoms with E-state index >= 15 is 0 Å². The van der Waals surface area contributed by atoms with Crippen LogP contribution in [-0.2, 0) is 0 Å². The summed E-state index contributed by atoms with van der Waals surface area (Å²) < 4.78 is 0. The van der Waals surface area contributed by atoms with E-state index in [9.17, 15) is 10.1 Å². The molecule has 4 fully saturated rings. The lowest BCUT2D eigenvalue weighted by molar-refractivity contribution is -0.529. The molecule has 108 valence electrons. The highest BCUT2D eigenvalue weighted by Crippen LogP contribution is 2.50. The number of nitrogens with zero attached hydrogens (tertiary/aromatic N) is 2. The lowest BCUT2D eigenvalue weighted by atomic mass is 9.61. The van der Waals surface area contributed by atoms with Crippen molar-refractivity contribution in [1.82, 2.24) is 4.90 Å². The van der Waals surface area contributed by atoms with Gasteiger partial charge in [0.25, 0.3) is 0 Å². The van der Waals surface area contributed by atoms with Gasteiger partial charge in [-0.1, -0.05) is 0 Å². The molecule has 4 aliphatic rings. The smallest absolute Gasteiger partial charge is 0.213 e. The van der Waals surface area contributed by atoms with Crippen LogP contribution in [0.5, 0.6) is 0 Å². The van der Waals surface area contributed by atoms with E-state index in [4.69, 9.17) is 0 Å². The molecule has 2 aliphatic carbocycles. The number of fused-ring (bicyclic) bond motifs is 3. The second-order valence-corrected chi connectivity index (χ2v) is 7.23. The summed E-state index contributed by atoms with van der Waals surface area (Å²) in [6, 6.07) is 0.364. The van der Waals surface area contributed by atoms with Crippen LogP contribution in [0.25, 0.3) is 0 Å². The van der Waals surface area contributed by atoms with Gasteiger partial charge < -0.3 is 4.90 Å². The van der Waals surface area contributed by atoms with Gasteiger partial charge in [0.15, 0.2) is 0 Å². The van der Waals surface area contributed by atoms with Gasteiger partial charge in [-0.3, -0.25) is 10.1 Å². The van der Waals surface area contributed by atoms with Gasteiger partial charge in [-0.2, -0.15) is 0 Å². The first-order valence-electron chi connectivity index (χ1n) is 7.93. The van der Waals surface area contributed by atoms with E-state index in [1.807, 2.05) is 0 Å². The van der Waals surface area contributed by atoms with Gasteiger partial charge in [0.1, 0.15) is 0 Å². The molecule has 4 heteroatoms. The molecule has 19 heavy (non-hydrogen) atoms.